The van der Waals surface area contributed by atoms with Gasteiger partial charge in [0.25, 0.3) is 0 Å². The highest BCUT2D eigenvalue weighted by Gasteiger charge is 2.31. The molecule has 2 aliphatic carbocycles. The summed E-state index contributed by atoms with van der Waals surface area (Å²) in [6.07, 6.45) is 9.12. The van der Waals surface area contributed by atoms with Gasteiger partial charge in [0.1, 0.15) is 18.0 Å². The number of aliphatic carboxylic acids is 1. The molecule has 2 aromatic rings. The number of benzene rings is 1. The van der Waals surface area contributed by atoms with Gasteiger partial charge in [0.05, 0.1) is 12.0 Å². The number of nitrogens with one attached hydrogen (secondary N) is 2. The summed E-state index contributed by atoms with van der Waals surface area (Å²) in [5, 5.41) is 15.6. The van der Waals surface area contributed by atoms with Crippen LogP contribution in [0.15, 0.2) is 42.5 Å². The van der Waals surface area contributed by atoms with Crippen LogP contribution in [0.4, 0.5) is 10.6 Å². The number of hydrogen-bond donors (Lipinski definition) is 3. The molecular formula is C33H41N3O5. The Bertz CT molecular complexity index is 1230. The van der Waals surface area contributed by atoms with Crippen molar-refractivity contribution in [1.82, 2.24) is 10.3 Å². The first-order chi connectivity index (χ1) is 20.0. The van der Waals surface area contributed by atoms with Crippen molar-refractivity contribution in [2.45, 2.75) is 88.9 Å². The minimum absolute atomic E-state index is 0.0624. The van der Waals surface area contributed by atoms with Crippen LogP contribution in [-0.2, 0) is 27.1 Å². The number of ether oxygens (including phenoxy) is 2. The Balaban J connectivity index is 1.00. The Morgan fingerprint density at radius 3 is 2.76 bits per heavy atom. The highest BCUT2D eigenvalue weighted by atomic mass is 16.6. The van der Waals surface area contributed by atoms with Gasteiger partial charge in [0.2, 0.25) is 0 Å². The summed E-state index contributed by atoms with van der Waals surface area (Å²) in [6.45, 7) is 1.27. The van der Waals surface area contributed by atoms with E-state index in [0.29, 0.717) is 5.92 Å². The van der Waals surface area contributed by atoms with E-state index in [1.165, 1.54) is 5.56 Å². The Labute approximate surface area is 242 Å². The second-order valence-corrected chi connectivity index (χ2v) is 11.5. The molecule has 0 radical (unpaired) electrons. The molecule has 2 saturated carbocycles. The summed E-state index contributed by atoms with van der Waals surface area (Å²) in [5.41, 5.74) is 3.37. The summed E-state index contributed by atoms with van der Waals surface area (Å²) >= 11 is 0. The number of hydrogen-bond acceptors (Lipinski definition) is 6. The summed E-state index contributed by atoms with van der Waals surface area (Å²) in [4.78, 5) is 29.2. The average molecular weight is 560 g/mol. The minimum Gasteiger partial charge on any atom is -0.480 e. The molecule has 8 nitrogen and oxygen atoms in total. The Morgan fingerprint density at radius 2 is 1.93 bits per heavy atom. The lowest BCUT2D eigenvalue weighted by Gasteiger charge is -2.35. The maximum atomic E-state index is 12.6. The highest BCUT2D eigenvalue weighted by molar-refractivity contribution is 5.79. The number of anilines is 1. The number of rotatable bonds is 10. The summed E-state index contributed by atoms with van der Waals surface area (Å²) < 4.78 is 11.6. The van der Waals surface area contributed by atoms with Gasteiger partial charge < -0.3 is 25.2 Å². The molecule has 3 N–H and O–H groups in total. The van der Waals surface area contributed by atoms with Gasteiger partial charge in [0, 0.05) is 30.8 Å². The molecule has 2 heterocycles. The van der Waals surface area contributed by atoms with Crippen LogP contribution in [0, 0.1) is 23.7 Å². The summed E-state index contributed by atoms with van der Waals surface area (Å²) in [7, 11) is 0. The van der Waals surface area contributed by atoms with Crippen molar-refractivity contribution in [1.29, 1.82) is 0 Å². The average Bonchev–Trinajstić information content (AvgIpc) is 2.97. The fraction of sp³-hybridized carbons (Fsp3) is 0.545. The van der Waals surface area contributed by atoms with Crippen molar-refractivity contribution < 1.29 is 24.2 Å². The van der Waals surface area contributed by atoms with Crippen LogP contribution < -0.4 is 10.6 Å². The summed E-state index contributed by atoms with van der Waals surface area (Å²) in [6, 6.07) is 13.0. The lowest BCUT2D eigenvalue weighted by molar-refractivity contribution is -0.140. The molecule has 0 saturated heterocycles. The molecule has 0 bridgehead atoms. The number of carbonyl (C=O) groups excluding carboxylic acids is 1. The Hall–Kier alpha value is -3.57. The first kappa shape index (κ1) is 28.9. The van der Waals surface area contributed by atoms with Crippen LogP contribution in [0.1, 0.15) is 74.6 Å². The van der Waals surface area contributed by atoms with Gasteiger partial charge in [-0.15, -0.1) is 0 Å². The van der Waals surface area contributed by atoms with E-state index in [-0.39, 0.29) is 31.2 Å². The minimum atomic E-state index is -1.09. The normalized spacial score (nSPS) is 23.9. The molecule has 1 aliphatic heterocycles. The Morgan fingerprint density at radius 1 is 1.10 bits per heavy atom. The van der Waals surface area contributed by atoms with Crippen molar-refractivity contribution >= 4 is 17.9 Å². The van der Waals surface area contributed by atoms with Gasteiger partial charge in [-0.3, -0.25) is 0 Å². The van der Waals surface area contributed by atoms with Crippen molar-refractivity contribution in [2.75, 3.05) is 18.5 Å². The number of fused-ring (bicyclic) bond motifs is 1. The first-order valence-corrected chi connectivity index (χ1v) is 15.1. The lowest BCUT2D eigenvalue weighted by atomic mass is 9.79. The third-order valence-electron chi connectivity index (χ3n) is 8.44. The third-order valence-corrected chi connectivity index (χ3v) is 8.44. The molecule has 0 unspecified atom stereocenters. The molecule has 1 aromatic carbocycles. The van der Waals surface area contributed by atoms with E-state index in [4.69, 9.17) is 14.5 Å². The standard InChI is InChI=1S/C33H41N3O5/c37-32(38)29(36-33(39)41-30-11-5-4-9-25(30)14-12-23-7-2-1-3-8-23)18-20-40-28-21-24(22-28)13-16-27-17-15-26-10-6-19-34-31(26)35-27/h1-3,7-8,15,17,24-25,28-30H,4-6,9-11,13,16,18-22H2,(H,34,35)(H,36,39)(H,37,38)/t24-,25-,28-,29-,30+/m0/s1. The quantitative estimate of drug-likeness (QED) is 0.337. The maximum Gasteiger partial charge on any atom is 0.408 e. The molecule has 2 fully saturated rings. The predicted molar refractivity (Wildman–Crippen MR) is 157 cm³/mol. The zero-order valence-corrected chi connectivity index (χ0v) is 23.6. The van der Waals surface area contributed by atoms with Crippen LogP contribution in [0.25, 0.3) is 0 Å². The van der Waals surface area contributed by atoms with Gasteiger partial charge >= 0.3 is 12.1 Å². The van der Waals surface area contributed by atoms with E-state index >= 15 is 0 Å². The number of carboxylic acids is 1. The molecule has 0 spiro atoms. The third kappa shape index (κ3) is 8.46. The second kappa shape index (κ2) is 14.4. The topological polar surface area (TPSA) is 110 Å². The monoisotopic (exact) mass is 559 g/mol. The fourth-order valence-electron chi connectivity index (χ4n) is 5.93. The van der Waals surface area contributed by atoms with Crippen molar-refractivity contribution in [3.63, 3.8) is 0 Å². The number of carbonyl (C=O) groups is 2. The maximum absolute atomic E-state index is 12.6. The van der Waals surface area contributed by atoms with E-state index in [2.05, 4.69) is 34.6 Å². The zero-order chi connectivity index (χ0) is 28.4. The number of nitrogens with zero attached hydrogens (tertiary/aromatic N) is 1. The van der Waals surface area contributed by atoms with E-state index in [0.717, 1.165) is 87.8 Å². The second-order valence-electron chi connectivity index (χ2n) is 11.5. The zero-order valence-electron chi connectivity index (χ0n) is 23.6. The van der Waals surface area contributed by atoms with Gasteiger partial charge in [-0.1, -0.05) is 42.5 Å². The number of aromatic nitrogens is 1. The molecule has 8 heteroatoms. The number of aryl methyl sites for hydroxylation is 2. The number of alkyl carbamates (subject to hydrolysis) is 1. The SMILES string of the molecule is O=C(N[C@@H](CCO[C@H]1C[C@H](CCc2ccc3c(n2)NCCC3)C1)C(=O)O)O[C@@H]1CCCC[C@H]1C#Cc1ccccc1. The van der Waals surface area contributed by atoms with Crippen molar-refractivity contribution in [3.8, 4) is 11.8 Å². The lowest BCUT2D eigenvalue weighted by Crippen LogP contribution is -2.44. The van der Waals surface area contributed by atoms with Crippen molar-refractivity contribution in [2.24, 2.45) is 11.8 Å². The van der Waals surface area contributed by atoms with Gasteiger partial charge in [0.15, 0.2) is 0 Å². The molecule has 3 aliphatic rings. The Kier molecular flexibility index (Phi) is 10.1. The number of carboxylic acid groups (broad SMARTS) is 1. The van der Waals surface area contributed by atoms with Crippen molar-refractivity contribution in [3.05, 3.63) is 59.3 Å². The van der Waals surface area contributed by atoms with Crippen LogP contribution in [-0.4, -0.2) is 53.6 Å². The smallest absolute Gasteiger partial charge is 0.408 e. The van der Waals surface area contributed by atoms with Crippen LogP contribution >= 0.6 is 0 Å². The van der Waals surface area contributed by atoms with E-state index in [1.807, 2.05) is 30.3 Å². The summed E-state index contributed by atoms with van der Waals surface area (Å²) in [5.74, 6) is 6.94. The van der Waals surface area contributed by atoms with Crippen LogP contribution in [0.2, 0.25) is 0 Å². The van der Waals surface area contributed by atoms with Crippen LogP contribution in [0.3, 0.4) is 0 Å². The molecule has 41 heavy (non-hydrogen) atoms. The molecule has 3 atom stereocenters. The van der Waals surface area contributed by atoms with E-state index < -0.39 is 18.1 Å². The molecule has 1 aromatic heterocycles. The highest BCUT2D eigenvalue weighted by Crippen LogP contribution is 2.34. The van der Waals surface area contributed by atoms with Gasteiger partial charge in [-0.2, -0.15) is 0 Å². The van der Waals surface area contributed by atoms with Crippen LogP contribution in [0.5, 0.6) is 0 Å². The molecule has 218 valence electrons. The fourth-order valence-corrected chi connectivity index (χ4v) is 5.93. The molecule has 5 rings (SSSR count). The number of amides is 1. The largest absolute Gasteiger partial charge is 0.480 e. The van der Waals surface area contributed by atoms with Gasteiger partial charge in [-0.25, -0.2) is 14.6 Å². The van der Waals surface area contributed by atoms with Gasteiger partial charge in [-0.05, 0) is 87.5 Å². The van der Waals surface area contributed by atoms with E-state index in [1.54, 1.807) is 0 Å². The first-order valence-electron chi connectivity index (χ1n) is 15.1. The molecular weight excluding hydrogens is 518 g/mol. The van der Waals surface area contributed by atoms with E-state index in [9.17, 15) is 14.7 Å². The molecule has 1 amide bonds. The predicted octanol–water partition coefficient (Wildman–Crippen LogP) is 5.35. The number of pyridine rings is 1.